The Kier molecular flexibility index (Phi) is 3.69. The highest BCUT2D eigenvalue weighted by Crippen LogP contribution is 2.26. The number of amides is 1. The molecule has 3 atom stereocenters. The summed E-state index contributed by atoms with van der Waals surface area (Å²) < 4.78 is 5.33. The molecule has 0 aromatic rings. The minimum absolute atomic E-state index is 0.0899. The van der Waals surface area contributed by atoms with Crippen molar-refractivity contribution in [2.45, 2.75) is 45.4 Å². The molecular formula is C11H19NO2. The van der Waals surface area contributed by atoms with E-state index in [1.807, 2.05) is 18.7 Å². The SMILES string of the molecule is CC=CC(=O)N1C(C)CC(OC)C1C. The van der Waals surface area contributed by atoms with Crippen molar-refractivity contribution in [1.29, 1.82) is 0 Å². The van der Waals surface area contributed by atoms with Gasteiger partial charge in [0.05, 0.1) is 12.1 Å². The van der Waals surface area contributed by atoms with E-state index in [1.54, 1.807) is 19.3 Å². The Morgan fingerprint density at radius 1 is 1.50 bits per heavy atom. The number of ether oxygens (including phenoxy) is 1. The number of carbonyl (C=O) groups is 1. The highest BCUT2D eigenvalue weighted by molar-refractivity contribution is 5.88. The van der Waals surface area contributed by atoms with Gasteiger partial charge in [-0.1, -0.05) is 6.08 Å². The molecule has 3 nitrogen and oxygen atoms in total. The molecule has 3 unspecified atom stereocenters. The van der Waals surface area contributed by atoms with Crippen molar-refractivity contribution in [3.05, 3.63) is 12.2 Å². The number of carbonyl (C=O) groups excluding carboxylic acids is 1. The van der Waals surface area contributed by atoms with Crippen LogP contribution in [0.2, 0.25) is 0 Å². The molecule has 0 bridgehead atoms. The largest absolute Gasteiger partial charge is 0.379 e. The summed E-state index contributed by atoms with van der Waals surface area (Å²) in [5, 5.41) is 0. The van der Waals surface area contributed by atoms with Crippen LogP contribution in [0.3, 0.4) is 0 Å². The highest BCUT2D eigenvalue weighted by Gasteiger charge is 2.38. The van der Waals surface area contributed by atoms with E-state index in [4.69, 9.17) is 4.74 Å². The second kappa shape index (κ2) is 4.60. The van der Waals surface area contributed by atoms with Gasteiger partial charge in [0.1, 0.15) is 0 Å². The number of nitrogens with zero attached hydrogens (tertiary/aromatic N) is 1. The van der Waals surface area contributed by atoms with E-state index in [9.17, 15) is 4.79 Å². The van der Waals surface area contributed by atoms with Crippen LogP contribution in [-0.2, 0) is 9.53 Å². The molecule has 0 N–H and O–H groups in total. The molecule has 0 aromatic heterocycles. The first-order valence-corrected chi connectivity index (χ1v) is 5.09. The van der Waals surface area contributed by atoms with Crippen LogP contribution in [0.25, 0.3) is 0 Å². The molecule has 1 rings (SSSR count). The Morgan fingerprint density at radius 2 is 2.14 bits per heavy atom. The summed E-state index contributed by atoms with van der Waals surface area (Å²) in [6.45, 7) is 5.97. The zero-order valence-electron chi connectivity index (χ0n) is 9.36. The normalized spacial score (nSPS) is 32.9. The van der Waals surface area contributed by atoms with E-state index in [0.717, 1.165) is 6.42 Å². The van der Waals surface area contributed by atoms with Crippen LogP contribution in [-0.4, -0.2) is 36.1 Å². The van der Waals surface area contributed by atoms with Crippen molar-refractivity contribution in [2.24, 2.45) is 0 Å². The summed E-state index contributed by atoms with van der Waals surface area (Å²) in [4.78, 5) is 13.6. The minimum atomic E-state index is 0.0899. The average molecular weight is 197 g/mol. The zero-order valence-corrected chi connectivity index (χ0v) is 9.36. The molecule has 0 saturated carbocycles. The topological polar surface area (TPSA) is 29.5 Å². The summed E-state index contributed by atoms with van der Waals surface area (Å²) in [5.74, 6) is 0.0899. The molecule has 1 fully saturated rings. The standard InChI is InChI=1S/C11H19NO2/c1-5-6-11(13)12-8(2)7-10(14-4)9(12)3/h5-6,8-10H,7H2,1-4H3. The quantitative estimate of drug-likeness (QED) is 0.629. The third kappa shape index (κ3) is 1.98. The van der Waals surface area contributed by atoms with E-state index >= 15 is 0 Å². The number of likely N-dealkylation sites (tertiary alicyclic amines) is 1. The van der Waals surface area contributed by atoms with Gasteiger partial charge in [-0.05, 0) is 33.3 Å². The van der Waals surface area contributed by atoms with Crippen molar-refractivity contribution in [3.8, 4) is 0 Å². The smallest absolute Gasteiger partial charge is 0.246 e. The first kappa shape index (κ1) is 11.2. The van der Waals surface area contributed by atoms with E-state index in [1.165, 1.54) is 0 Å². The van der Waals surface area contributed by atoms with Crippen molar-refractivity contribution in [1.82, 2.24) is 4.90 Å². The van der Waals surface area contributed by atoms with Gasteiger partial charge >= 0.3 is 0 Å². The first-order valence-electron chi connectivity index (χ1n) is 5.09. The van der Waals surface area contributed by atoms with Gasteiger partial charge < -0.3 is 9.64 Å². The number of allylic oxidation sites excluding steroid dienone is 1. The fraction of sp³-hybridized carbons (Fsp3) is 0.727. The average Bonchev–Trinajstić information content (AvgIpc) is 2.41. The van der Waals surface area contributed by atoms with Crippen LogP contribution in [0.5, 0.6) is 0 Å². The lowest BCUT2D eigenvalue weighted by molar-refractivity contribution is -0.129. The third-order valence-corrected chi connectivity index (χ3v) is 2.89. The van der Waals surface area contributed by atoms with Gasteiger partial charge in [0, 0.05) is 13.2 Å². The first-order chi connectivity index (χ1) is 6.61. The van der Waals surface area contributed by atoms with E-state index in [0.29, 0.717) is 0 Å². The van der Waals surface area contributed by atoms with Crippen molar-refractivity contribution in [2.75, 3.05) is 7.11 Å². The summed E-state index contributed by atoms with van der Waals surface area (Å²) in [6.07, 6.45) is 4.51. The Hall–Kier alpha value is -0.830. The fourth-order valence-corrected chi connectivity index (χ4v) is 2.17. The maximum Gasteiger partial charge on any atom is 0.246 e. The molecule has 0 aromatic carbocycles. The molecule has 14 heavy (non-hydrogen) atoms. The predicted octanol–water partition coefficient (Wildman–Crippen LogP) is 1.59. The van der Waals surface area contributed by atoms with Gasteiger partial charge in [0.25, 0.3) is 0 Å². The van der Waals surface area contributed by atoms with Gasteiger partial charge in [0.2, 0.25) is 5.91 Å². The van der Waals surface area contributed by atoms with Gasteiger partial charge in [-0.25, -0.2) is 0 Å². The summed E-state index contributed by atoms with van der Waals surface area (Å²) in [5.41, 5.74) is 0. The third-order valence-electron chi connectivity index (χ3n) is 2.89. The molecule has 1 saturated heterocycles. The lowest BCUT2D eigenvalue weighted by Crippen LogP contribution is -2.40. The maximum atomic E-state index is 11.7. The molecule has 80 valence electrons. The molecule has 3 heteroatoms. The molecule has 1 aliphatic rings. The summed E-state index contributed by atoms with van der Waals surface area (Å²) in [6, 6.07) is 0.456. The number of methoxy groups -OCH3 is 1. The van der Waals surface area contributed by atoms with Crippen LogP contribution in [0.15, 0.2) is 12.2 Å². The molecule has 1 heterocycles. The zero-order chi connectivity index (χ0) is 10.7. The highest BCUT2D eigenvalue weighted by atomic mass is 16.5. The van der Waals surface area contributed by atoms with Crippen LogP contribution in [0.1, 0.15) is 27.2 Å². The van der Waals surface area contributed by atoms with Gasteiger partial charge in [-0.2, -0.15) is 0 Å². The van der Waals surface area contributed by atoms with Gasteiger partial charge in [-0.15, -0.1) is 0 Å². The van der Waals surface area contributed by atoms with Gasteiger partial charge in [0.15, 0.2) is 0 Å². The lowest BCUT2D eigenvalue weighted by Gasteiger charge is -2.25. The molecule has 0 aliphatic carbocycles. The predicted molar refractivity (Wildman–Crippen MR) is 56.0 cm³/mol. The maximum absolute atomic E-state index is 11.7. The van der Waals surface area contributed by atoms with Gasteiger partial charge in [-0.3, -0.25) is 4.79 Å². The molecule has 1 aliphatic heterocycles. The van der Waals surface area contributed by atoms with Crippen LogP contribution in [0.4, 0.5) is 0 Å². The Labute approximate surface area is 85.7 Å². The van der Waals surface area contributed by atoms with Crippen molar-refractivity contribution in [3.63, 3.8) is 0 Å². The Bertz CT molecular complexity index is 237. The monoisotopic (exact) mass is 197 g/mol. The van der Waals surface area contributed by atoms with E-state index in [-0.39, 0.29) is 24.1 Å². The summed E-state index contributed by atoms with van der Waals surface area (Å²) >= 11 is 0. The fourth-order valence-electron chi connectivity index (χ4n) is 2.17. The summed E-state index contributed by atoms with van der Waals surface area (Å²) in [7, 11) is 1.71. The Morgan fingerprint density at radius 3 is 2.57 bits per heavy atom. The Balaban J connectivity index is 2.74. The molecular weight excluding hydrogens is 178 g/mol. The number of rotatable bonds is 2. The second-order valence-electron chi connectivity index (χ2n) is 3.84. The van der Waals surface area contributed by atoms with Crippen LogP contribution < -0.4 is 0 Å². The van der Waals surface area contributed by atoms with Crippen LogP contribution >= 0.6 is 0 Å². The van der Waals surface area contributed by atoms with Crippen molar-refractivity contribution >= 4 is 5.91 Å². The molecule has 0 radical (unpaired) electrons. The van der Waals surface area contributed by atoms with E-state index in [2.05, 4.69) is 6.92 Å². The lowest BCUT2D eigenvalue weighted by atomic mass is 10.2. The number of hydrogen-bond donors (Lipinski definition) is 0. The number of hydrogen-bond acceptors (Lipinski definition) is 2. The van der Waals surface area contributed by atoms with Crippen molar-refractivity contribution < 1.29 is 9.53 Å². The minimum Gasteiger partial charge on any atom is -0.379 e. The van der Waals surface area contributed by atoms with E-state index < -0.39 is 0 Å². The second-order valence-corrected chi connectivity index (χ2v) is 3.84. The molecule has 1 amide bonds. The van der Waals surface area contributed by atoms with Crippen LogP contribution in [0, 0.1) is 0 Å². The molecule has 0 spiro atoms.